The number of amides is 2. The monoisotopic (exact) mass is 316 g/mol. The fraction of sp³-hybridized carbons (Fsp3) is 0.312. The molecule has 1 aromatic carbocycles. The van der Waals surface area contributed by atoms with Gasteiger partial charge in [0.2, 0.25) is 11.8 Å². The third-order valence-corrected chi connectivity index (χ3v) is 3.87. The summed E-state index contributed by atoms with van der Waals surface area (Å²) in [5.74, 6) is -1.23. The van der Waals surface area contributed by atoms with Gasteiger partial charge in [-0.25, -0.2) is 4.39 Å². The van der Waals surface area contributed by atoms with Crippen LogP contribution in [0, 0.1) is 5.82 Å². The number of aryl methyl sites for hydroxylation is 2. The van der Waals surface area contributed by atoms with Crippen LogP contribution >= 0.6 is 0 Å². The van der Waals surface area contributed by atoms with Crippen LogP contribution < -0.4 is 10.2 Å². The van der Waals surface area contributed by atoms with Gasteiger partial charge in [0.25, 0.3) is 0 Å². The van der Waals surface area contributed by atoms with Crippen molar-refractivity contribution in [1.82, 2.24) is 9.78 Å². The quantitative estimate of drug-likeness (QED) is 0.936. The first-order valence-corrected chi connectivity index (χ1v) is 7.40. The Morgan fingerprint density at radius 2 is 2.22 bits per heavy atom. The zero-order valence-electron chi connectivity index (χ0n) is 13.0. The number of fused-ring (bicyclic) bond motifs is 1. The molecule has 0 radical (unpaired) electrons. The molecule has 23 heavy (non-hydrogen) atoms. The van der Waals surface area contributed by atoms with Crippen LogP contribution in [0.4, 0.5) is 15.8 Å². The lowest BCUT2D eigenvalue weighted by atomic mass is 10.1. The maximum atomic E-state index is 13.9. The Balaban J connectivity index is 1.89. The van der Waals surface area contributed by atoms with E-state index in [1.165, 1.54) is 17.0 Å². The molecular formula is C16H17FN4O2. The van der Waals surface area contributed by atoms with Gasteiger partial charge in [0.1, 0.15) is 18.0 Å². The number of hydrogen-bond acceptors (Lipinski definition) is 3. The van der Waals surface area contributed by atoms with Crippen LogP contribution in [-0.2, 0) is 29.5 Å². The lowest BCUT2D eigenvalue weighted by Crippen LogP contribution is -2.43. The highest BCUT2D eigenvalue weighted by molar-refractivity contribution is 6.10. The van der Waals surface area contributed by atoms with Crippen LogP contribution in [0.3, 0.4) is 0 Å². The molecule has 0 unspecified atom stereocenters. The zero-order valence-corrected chi connectivity index (χ0v) is 13.0. The Hall–Kier alpha value is -2.70. The molecule has 0 atom stereocenters. The lowest BCUT2D eigenvalue weighted by molar-refractivity contribution is -0.121. The van der Waals surface area contributed by atoms with E-state index in [0.717, 1.165) is 17.8 Å². The minimum atomic E-state index is -0.554. The molecule has 1 aliphatic heterocycles. The van der Waals surface area contributed by atoms with Gasteiger partial charge in [-0.1, -0.05) is 13.0 Å². The molecule has 0 spiro atoms. The van der Waals surface area contributed by atoms with Crippen molar-refractivity contribution in [3.8, 4) is 0 Å². The second kappa shape index (κ2) is 5.83. The molecule has 120 valence electrons. The predicted octanol–water partition coefficient (Wildman–Crippen LogP) is 1.65. The van der Waals surface area contributed by atoms with Gasteiger partial charge in [-0.05, 0) is 24.6 Å². The van der Waals surface area contributed by atoms with Gasteiger partial charge < -0.3 is 10.2 Å². The normalized spacial score (nSPS) is 13.7. The molecule has 6 nitrogen and oxygen atoms in total. The van der Waals surface area contributed by atoms with Gasteiger partial charge in [-0.3, -0.25) is 14.3 Å². The number of aromatic nitrogens is 2. The highest BCUT2D eigenvalue weighted by Gasteiger charge is 2.29. The first-order chi connectivity index (χ1) is 11.0. The Morgan fingerprint density at radius 1 is 1.43 bits per heavy atom. The number of nitrogens with one attached hydrogen (secondary N) is 1. The first-order valence-electron chi connectivity index (χ1n) is 7.40. The molecule has 0 aliphatic carbocycles. The number of halogens is 1. The molecule has 0 saturated heterocycles. The number of para-hydroxylation sites is 1. The van der Waals surface area contributed by atoms with Crippen molar-refractivity contribution in [1.29, 1.82) is 0 Å². The summed E-state index contributed by atoms with van der Waals surface area (Å²) < 4.78 is 15.5. The average molecular weight is 316 g/mol. The Bertz CT molecular complexity index is 784. The highest BCUT2D eigenvalue weighted by atomic mass is 19.1. The van der Waals surface area contributed by atoms with Crippen LogP contribution in [-0.4, -0.2) is 28.1 Å². The smallest absolute Gasteiger partial charge is 0.244 e. The fourth-order valence-electron chi connectivity index (χ4n) is 2.65. The number of benzene rings is 1. The van der Waals surface area contributed by atoms with Crippen LogP contribution in [0.5, 0.6) is 0 Å². The summed E-state index contributed by atoms with van der Waals surface area (Å²) in [7, 11) is 1.78. The van der Waals surface area contributed by atoms with E-state index < -0.39 is 11.7 Å². The summed E-state index contributed by atoms with van der Waals surface area (Å²) in [6, 6.07) is 6.26. The molecule has 0 fully saturated rings. The summed E-state index contributed by atoms with van der Waals surface area (Å²) in [5.41, 5.74) is 2.10. The molecule has 1 aliphatic rings. The van der Waals surface area contributed by atoms with Crippen molar-refractivity contribution in [2.24, 2.45) is 7.05 Å². The average Bonchev–Trinajstić information content (AvgIpc) is 2.87. The van der Waals surface area contributed by atoms with Crippen LogP contribution in [0.1, 0.15) is 18.3 Å². The maximum Gasteiger partial charge on any atom is 0.244 e. The van der Waals surface area contributed by atoms with Crippen LogP contribution in [0.2, 0.25) is 0 Å². The molecule has 0 bridgehead atoms. The second-order valence-corrected chi connectivity index (χ2v) is 5.44. The van der Waals surface area contributed by atoms with Crippen LogP contribution in [0.25, 0.3) is 0 Å². The minimum absolute atomic E-state index is 0.0522. The van der Waals surface area contributed by atoms with Gasteiger partial charge in [0.05, 0.1) is 17.8 Å². The topological polar surface area (TPSA) is 67.2 Å². The molecule has 7 heteroatoms. The largest absolute Gasteiger partial charge is 0.320 e. The minimum Gasteiger partial charge on any atom is -0.320 e. The van der Waals surface area contributed by atoms with E-state index >= 15 is 0 Å². The molecule has 2 amide bonds. The molecule has 0 saturated carbocycles. The molecule has 2 heterocycles. The van der Waals surface area contributed by atoms with Gasteiger partial charge >= 0.3 is 0 Å². The van der Waals surface area contributed by atoms with E-state index in [0.29, 0.717) is 5.69 Å². The Kier molecular flexibility index (Phi) is 3.85. The van der Waals surface area contributed by atoms with Crippen molar-refractivity contribution in [2.45, 2.75) is 19.8 Å². The summed E-state index contributed by atoms with van der Waals surface area (Å²) in [6.07, 6.45) is 0.884. The van der Waals surface area contributed by atoms with E-state index in [9.17, 15) is 14.0 Å². The zero-order chi connectivity index (χ0) is 16.6. The third-order valence-electron chi connectivity index (χ3n) is 3.87. The second-order valence-electron chi connectivity index (χ2n) is 5.44. The molecule has 2 aromatic rings. The van der Waals surface area contributed by atoms with Gasteiger partial charge in [0.15, 0.2) is 0 Å². The predicted molar refractivity (Wildman–Crippen MR) is 83.7 cm³/mol. The maximum absolute atomic E-state index is 13.9. The van der Waals surface area contributed by atoms with Gasteiger partial charge in [0, 0.05) is 12.7 Å². The van der Waals surface area contributed by atoms with E-state index in [1.54, 1.807) is 17.8 Å². The SMILES string of the molecule is CCc1cc(CC(=O)N2CC(=O)Nc3c(F)cccc32)n(C)n1. The van der Waals surface area contributed by atoms with E-state index in [-0.39, 0.29) is 24.6 Å². The van der Waals surface area contributed by atoms with Crippen molar-refractivity contribution < 1.29 is 14.0 Å². The third kappa shape index (κ3) is 2.81. The number of carbonyl (C=O) groups excluding carboxylic acids is 2. The highest BCUT2D eigenvalue weighted by Crippen LogP contribution is 2.32. The molecule has 3 rings (SSSR count). The van der Waals surface area contributed by atoms with Crippen molar-refractivity contribution in [3.63, 3.8) is 0 Å². The number of carbonyl (C=O) groups is 2. The number of rotatable bonds is 3. The van der Waals surface area contributed by atoms with Crippen LogP contribution in [0.15, 0.2) is 24.3 Å². The molecular weight excluding hydrogens is 299 g/mol. The molecule has 1 aromatic heterocycles. The van der Waals surface area contributed by atoms with Crippen molar-refractivity contribution >= 4 is 23.2 Å². The number of anilines is 2. The van der Waals surface area contributed by atoms with Gasteiger partial charge in [-0.2, -0.15) is 5.10 Å². The Labute approximate surface area is 132 Å². The van der Waals surface area contributed by atoms with Gasteiger partial charge in [-0.15, -0.1) is 0 Å². The summed E-state index contributed by atoms with van der Waals surface area (Å²) >= 11 is 0. The van der Waals surface area contributed by atoms with E-state index in [1.807, 2.05) is 13.0 Å². The number of hydrogen-bond donors (Lipinski definition) is 1. The lowest BCUT2D eigenvalue weighted by Gasteiger charge is -2.29. The Morgan fingerprint density at radius 3 is 2.91 bits per heavy atom. The number of nitrogens with zero attached hydrogens (tertiary/aromatic N) is 3. The van der Waals surface area contributed by atoms with E-state index in [4.69, 9.17) is 0 Å². The van der Waals surface area contributed by atoms with E-state index in [2.05, 4.69) is 10.4 Å². The van der Waals surface area contributed by atoms with Crippen molar-refractivity contribution in [2.75, 3.05) is 16.8 Å². The summed E-state index contributed by atoms with van der Waals surface area (Å²) in [5, 5.41) is 6.78. The summed E-state index contributed by atoms with van der Waals surface area (Å²) in [6.45, 7) is 1.87. The first kappa shape index (κ1) is 15.2. The summed E-state index contributed by atoms with van der Waals surface area (Å²) in [4.78, 5) is 25.7. The fourth-order valence-corrected chi connectivity index (χ4v) is 2.65. The van der Waals surface area contributed by atoms with Crippen molar-refractivity contribution in [3.05, 3.63) is 41.5 Å². The standard InChI is InChI=1S/C16H17FN4O2/c1-3-10-7-11(20(2)19-10)8-15(23)21-9-14(22)18-16-12(17)5-4-6-13(16)21/h4-7H,3,8-9H2,1-2H3,(H,18,22). The molecule has 1 N–H and O–H groups in total.